The van der Waals surface area contributed by atoms with Crippen LogP contribution < -0.4 is 15.0 Å². The number of anilines is 2. The van der Waals surface area contributed by atoms with E-state index < -0.39 is 0 Å². The number of rotatable bonds is 10. The van der Waals surface area contributed by atoms with Crippen LogP contribution in [-0.4, -0.2) is 43.5 Å². The van der Waals surface area contributed by atoms with Gasteiger partial charge in [-0.05, 0) is 68.1 Å². The molecule has 2 amide bonds. The SMILES string of the molecule is CCCCN(Cc1ccco1)c1ccc(NC(=O)c2ccccc2OC)cc1C(=O)N1CCCCC1. The Labute approximate surface area is 213 Å². The Morgan fingerprint density at radius 1 is 1.03 bits per heavy atom. The second-order valence-electron chi connectivity index (χ2n) is 9.09. The summed E-state index contributed by atoms with van der Waals surface area (Å²) in [5, 5.41) is 2.96. The molecule has 1 N–H and O–H groups in total. The van der Waals surface area contributed by atoms with Crippen LogP contribution in [0.1, 0.15) is 65.5 Å². The Morgan fingerprint density at radius 2 is 1.83 bits per heavy atom. The number of carbonyl (C=O) groups excluding carboxylic acids is 2. The highest BCUT2D eigenvalue weighted by atomic mass is 16.5. The average molecular weight is 490 g/mol. The molecule has 190 valence electrons. The van der Waals surface area contributed by atoms with Crippen LogP contribution in [0.2, 0.25) is 0 Å². The quantitative estimate of drug-likeness (QED) is 0.380. The van der Waals surface area contributed by atoms with Gasteiger partial charge in [0.2, 0.25) is 0 Å². The van der Waals surface area contributed by atoms with Gasteiger partial charge in [0.25, 0.3) is 11.8 Å². The first-order valence-corrected chi connectivity index (χ1v) is 12.8. The normalized spacial score (nSPS) is 13.3. The molecule has 1 aliphatic rings. The summed E-state index contributed by atoms with van der Waals surface area (Å²) in [6.07, 6.45) is 6.87. The van der Waals surface area contributed by atoms with Gasteiger partial charge in [0.15, 0.2) is 0 Å². The van der Waals surface area contributed by atoms with Gasteiger partial charge in [-0.25, -0.2) is 0 Å². The highest BCUT2D eigenvalue weighted by Crippen LogP contribution is 2.30. The predicted octanol–water partition coefficient (Wildman–Crippen LogP) is 5.97. The Morgan fingerprint density at radius 3 is 2.56 bits per heavy atom. The number of para-hydroxylation sites is 1. The number of nitrogens with zero attached hydrogens (tertiary/aromatic N) is 2. The van der Waals surface area contributed by atoms with Gasteiger partial charge >= 0.3 is 0 Å². The molecule has 1 aromatic heterocycles. The molecule has 7 heteroatoms. The van der Waals surface area contributed by atoms with E-state index in [9.17, 15) is 9.59 Å². The van der Waals surface area contributed by atoms with E-state index in [1.165, 1.54) is 0 Å². The minimum atomic E-state index is -0.282. The van der Waals surface area contributed by atoms with Crippen molar-refractivity contribution in [1.82, 2.24) is 4.90 Å². The van der Waals surface area contributed by atoms with Crippen molar-refractivity contribution in [3.05, 3.63) is 77.7 Å². The summed E-state index contributed by atoms with van der Waals surface area (Å²) in [4.78, 5) is 30.9. The molecule has 0 radical (unpaired) electrons. The van der Waals surface area contributed by atoms with Crippen molar-refractivity contribution in [1.29, 1.82) is 0 Å². The lowest BCUT2D eigenvalue weighted by Gasteiger charge is -2.31. The maximum atomic E-state index is 13.8. The number of carbonyl (C=O) groups is 2. The molecule has 4 rings (SSSR count). The second-order valence-corrected chi connectivity index (χ2v) is 9.09. The van der Waals surface area contributed by atoms with Crippen LogP contribution in [0.5, 0.6) is 5.75 Å². The Hall–Kier alpha value is -3.74. The second kappa shape index (κ2) is 12.3. The number of ether oxygens (including phenoxy) is 1. The van der Waals surface area contributed by atoms with Crippen molar-refractivity contribution >= 4 is 23.2 Å². The summed E-state index contributed by atoms with van der Waals surface area (Å²) in [5.74, 6) is 1.06. The number of methoxy groups -OCH3 is 1. The number of hydrogen-bond donors (Lipinski definition) is 1. The summed E-state index contributed by atoms with van der Waals surface area (Å²) in [7, 11) is 1.54. The van der Waals surface area contributed by atoms with E-state index in [0.29, 0.717) is 29.1 Å². The fourth-order valence-corrected chi connectivity index (χ4v) is 4.58. The molecule has 0 bridgehead atoms. The van der Waals surface area contributed by atoms with Crippen LogP contribution in [0.3, 0.4) is 0 Å². The van der Waals surface area contributed by atoms with Gasteiger partial charge in [0.1, 0.15) is 11.5 Å². The molecule has 1 aliphatic heterocycles. The first-order valence-electron chi connectivity index (χ1n) is 12.8. The monoisotopic (exact) mass is 489 g/mol. The number of benzene rings is 2. The number of furan rings is 1. The van der Waals surface area contributed by atoms with Crippen LogP contribution in [0, 0.1) is 0 Å². The van der Waals surface area contributed by atoms with E-state index in [4.69, 9.17) is 9.15 Å². The van der Waals surface area contributed by atoms with E-state index in [2.05, 4.69) is 17.1 Å². The van der Waals surface area contributed by atoms with E-state index >= 15 is 0 Å². The lowest BCUT2D eigenvalue weighted by Crippen LogP contribution is -2.37. The van der Waals surface area contributed by atoms with Crippen molar-refractivity contribution in [2.24, 2.45) is 0 Å². The van der Waals surface area contributed by atoms with Crippen molar-refractivity contribution in [3.63, 3.8) is 0 Å². The fraction of sp³-hybridized carbons (Fsp3) is 0.379. The number of likely N-dealkylation sites (tertiary alicyclic amines) is 1. The molecule has 0 aliphatic carbocycles. The number of hydrogen-bond acceptors (Lipinski definition) is 5. The molecular weight excluding hydrogens is 454 g/mol. The number of amides is 2. The van der Waals surface area contributed by atoms with Crippen LogP contribution >= 0.6 is 0 Å². The third kappa shape index (κ3) is 6.08. The highest BCUT2D eigenvalue weighted by Gasteiger charge is 2.24. The molecule has 0 saturated carbocycles. The smallest absolute Gasteiger partial charge is 0.259 e. The molecule has 0 spiro atoms. The number of piperidine rings is 1. The summed E-state index contributed by atoms with van der Waals surface area (Å²) >= 11 is 0. The lowest BCUT2D eigenvalue weighted by molar-refractivity contribution is 0.0724. The summed E-state index contributed by atoms with van der Waals surface area (Å²) in [6.45, 7) is 5.03. The lowest BCUT2D eigenvalue weighted by atomic mass is 10.0. The van der Waals surface area contributed by atoms with Crippen LogP contribution in [-0.2, 0) is 6.54 Å². The van der Waals surface area contributed by atoms with Gasteiger partial charge in [0, 0.05) is 25.3 Å². The van der Waals surface area contributed by atoms with E-state index in [-0.39, 0.29) is 11.8 Å². The van der Waals surface area contributed by atoms with Crippen LogP contribution in [0.25, 0.3) is 0 Å². The Kier molecular flexibility index (Phi) is 8.66. The molecule has 7 nitrogen and oxygen atoms in total. The first-order chi connectivity index (χ1) is 17.6. The highest BCUT2D eigenvalue weighted by molar-refractivity contribution is 6.07. The van der Waals surface area contributed by atoms with Gasteiger partial charge in [0.05, 0.1) is 36.7 Å². The first kappa shape index (κ1) is 25.4. The minimum absolute atomic E-state index is 0.000894. The summed E-state index contributed by atoms with van der Waals surface area (Å²) < 4.78 is 11.0. The zero-order chi connectivity index (χ0) is 25.3. The molecule has 0 unspecified atom stereocenters. The molecule has 1 fully saturated rings. The van der Waals surface area contributed by atoms with Crippen molar-refractivity contribution in [2.45, 2.75) is 45.6 Å². The number of nitrogens with one attached hydrogen (secondary N) is 1. The fourth-order valence-electron chi connectivity index (χ4n) is 4.58. The third-order valence-corrected chi connectivity index (χ3v) is 6.53. The molecular formula is C29H35N3O4. The molecule has 0 atom stereocenters. The van der Waals surface area contributed by atoms with Crippen LogP contribution in [0.15, 0.2) is 65.3 Å². The third-order valence-electron chi connectivity index (χ3n) is 6.53. The van der Waals surface area contributed by atoms with E-state index in [1.54, 1.807) is 37.6 Å². The maximum Gasteiger partial charge on any atom is 0.259 e. The largest absolute Gasteiger partial charge is 0.496 e. The molecule has 1 saturated heterocycles. The van der Waals surface area contributed by atoms with Gasteiger partial charge in [-0.3, -0.25) is 9.59 Å². The van der Waals surface area contributed by atoms with Crippen molar-refractivity contribution in [2.75, 3.05) is 37.0 Å². The zero-order valence-electron chi connectivity index (χ0n) is 21.2. The zero-order valence-corrected chi connectivity index (χ0v) is 21.2. The van der Waals surface area contributed by atoms with Crippen molar-refractivity contribution in [3.8, 4) is 5.75 Å². The van der Waals surface area contributed by atoms with Gasteiger partial charge < -0.3 is 24.3 Å². The topological polar surface area (TPSA) is 75.0 Å². The summed E-state index contributed by atoms with van der Waals surface area (Å²) in [5.41, 5.74) is 2.46. The minimum Gasteiger partial charge on any atom is -0.496 e. The summed E-state index contributed by atoms with van der Waals surface area (Å²) in [6, 6.07) is 16.5. The standard InChI is InChI=1S/C29H35N3O4/c1-3-4-16-32(21-23-11-10-19-36-23)26-15-14-22(20-25(26)29(34)31-17-8-5-9-18-31)30-28(33)24-12-6-7-13-27(24)35-2/h6-7,10-15,19-20H,3-5,8-9,16-18,21H2,1-2H3,(H,30,33). The molecule has 2 heterocycles. The van der Waals surface area contributed by atoms with Crippen LogP contribution in [0.4, 0.5) is 11.4 Å². The number of unbranched alkanes of at least 4 members (excludes halogenated alkanes) is 1. The molecule has 36 heavy (non-hydrogen) atoms. The molecule has 2 aromatic carbocycles. The van der Waals surface area contributed by atoms with Gasteiger partial charge in [-0.1, -0.05) is 25.5 Å². The van der Waals surface area contributed by atoms with Crippen molar-refractivity contribution < 1.29 is 18.7 Å². The average Bonchev–Trinajstić information content (AvgIpc) is 3.44. The van der Waals surface area contributed by atoms with E-state index in [0.717, 1.165) is 63.2 Å². The molecule has 3 aromatic rings. The predicted molar refractivity (Wildman–Crippen MR) is 142 cm³/mol. The van der Waals surface area contributed by atoms with Gasteiger partial charge in [-0.15, -0.1) is 0 Å². The Bertz CT molecular complexity index is 1150. The maximum absolute atomic E-state index is 13.8. The van der Waals surface area contributed by atoms with E-state index in [1.807, 2.05) is 35.2 Å². The Balaban J connectivity index is 1.68. The van der Waals surface area contributed by atoms with Gasteiger partial charge in [-0.2, -0.15) is 0 Å².